The fourth-order valence-corrected chi connectivity index (χ4v) is 4.57. The third kappa shape index (κ3) is 3.04. The fraction of sp³-hybridized carbons (Fsp3) is 0.933. The van der Waals surface area contributed by atoms with Crippen LogP contribution in [-0.2, 0) is 0 Å². The van der Waals surface area contributed by atoms with Crippen molar-refractivity contribution in [3.8, 4) is 0 Å². The third-order valence-corrected chi connectivity index (χ3v) is 5.92. The van der Waals surface area contributed by atoms with Crippen LogP contribution in [0.15, 0.2) is 4.99 Å². The van der Waals surface area contributed by atoms with E-state index in [4.69, 9.17) is 4.99 Å². The molecular formula is C15H26N2S. The molecule has 2 nitrogen and oxygen atoms in total. The van der Waals surface area contributed by atoms with E-state index in [9.17, 15) is 0 Å². The van der Waals surface area contributed by atoms with Gasteiger partial charge in [0.05, 0.1) is 6.04 Å². The van der Waals surface area contributed by atoms with Gasteiger partial charge in [0.25, 0.3) is 0 Å². The van der Waals surface area contributed by atoms with Crippen molar-refractivity contribution in [2.75, 3.05) is 5.75 Å². The zero-order valence-electron chi connectivity index (χ0n) is 11.6. The lowest BCUT2D eigenvalue weighted by Crippen LogP contribution is -2.45. The summed E-state index contributed by atoms with van der Waals surface area (Å²) >= 11 is 1.98. The number of aliphatic imine (C=N–C) groups is 1. The van der Waals surface area contributed by atoms with Crippen LogP contribution in [0.5, 0.6) is 0 Å². The molecule has 2 aliphatic carbocycles. The molecule has 3 heteroatoms. The van der Waals surface area contributed by atoms with Gasteiger partial charge < -0.3 is 5.32 Å². The molecule has 3 fully saturated rings. The van der Waals surface area contributed by atoms with Crippen LogP contribution in [0.1, 0.15) is 64.7 Å². The van der Waals surface area contributed by atoms with Gasteiger partial charge in [0, 0.05) is 11.3 Å². The van der Waals surface area contributed by atoms with Crippen molar-refractivity contribution in [2.24, 2.45) is 10.9 Å². The van der Waals surface area contributed by atoms with Gasteiger partial charge >= 0.3 is 0 Å². The number of amidine groups is 1. The van der Waals surface area contributed by atoms with Gasteiger partial charge in [-0.25, -0.2) is 0 Å². The number of hydrogen-bond acceptors (Lipinski definition) is 2. The van der Waals surface area contributed by atoms with Crippen LogP contribution in [0, 0.1) is 5.92 Å². The van der Waals surface area contributed by atoms with Crippen LogP contribution in [0.3, 0.4) is 0 Å². The number of nitrogens with one attached hydrogen (secondary N) is 1. The second-order valence-corrected chi connectivity index (χ2v) is 7.39. The molecule has 0 bridgehead atoms. The molecule has 18 heavy (non-hydrogen) atoms. The smallest absolute Gasteiger partial charge is 0.157 e. The van der Waals surface area contributed by atoms with Gasteiger partial charge in [0.2, 0.25) is 0 Å². The molecule has 0 aromatic rings. The lowest BCUT2D eigenvalue weighted by Gasteiger charge is -2.32. The quantitative estimate of drug-likeness (QED) is 0.833. The van der Waals surface area contributed by atoms with Crippen LogP contribution in [0.4, 0.5) is 0 Å². The average Bonchev–Trinajstić information content (AvgIpc) is 3.13. The van der Waals surface area contributed by atoms with Gasteiger partial charge in [-0.15, -0.1) is 0 Å². The molecule has 0 aromatic heterocycles. The molecule has 1 heterocycles. The van der Waals surface area contributed by atoms with Crippen molar-refractivity contribution < 1.29 is 0 Å². The van der Waals surface area contributed by atoms with E-state index in [1.165, 1.54) is 68.7 Å². The Morgan fingerprint density at radius 1 is 1.33 bits per heavy atom. The third-order valence-electron chi connectivity index (χ3n) is 4.74. The van der Waals surface area contributed by atoms with Gasteiger partial charge in [-0.05, 0) is 31.6 Å². The molecule has 1 aliphatic heterocycles. The molecular weight excluding hydrogens is 240 g/mol. The highest BCUT2D eigenvalue weighted by Gasteiger charge is 2.38. The van der Waals surface area contributed by atoms with Crippen LogP contribution < -0.4 is 5.32 Å². The van der Waals surface area contributed by atoms with Gasteiger partial charge in [-0.1, -0.05) is 50.8 Å². The van der Waals surface area contributed by atoms with Gasteiger partial charge in [-0.2, -0.15) is 0 Å². The first-order valence-electron chi connectivity index (χ1n) is 7.78. The molecule has 3 rings (SSSR count). The molecule has 0 radical (unpaired) electrons. The van der Waals surface area contributed by atoms with Crippen LogP contribution in [0.25, 0.3) is 0 Å². The zero-order valence-corrected chi connectivity index (χ0v) is 12.4. The van der Waals surface area contributed by atoms with Gasteiger partial charge in [0.1, 0.15) is 0 Å². The summed E-state index contributed by atoms with van der Waals surface area (Å²) in [6.45, 7) is 2.28. The van der Waals surface area contributed by atoms with E-state index < -0.39 is 0 Å². The molecule has 0 amide bonds. The predicted molar refractivity (Wildman–Crippen MR) is 80.3 cm³/mol. The normalized spacial score (nSPS) is 30.6. The summed E-state index contributed by atoms with van der Waals surface area (Å²) in [6.07, 6.45) is 12.4. The van der Waals surface area contributed by atoms with Crippen molar-refractivity contribution in [2.45, 2.75) is 76.3 Å². The van der Waals surface area contributed by atoms with Crippen molar-refractivity contribution in [3.63, 3.8) is 0 Å². The Labute approximate surface area is 115 Å². The summed E-state index contributed by atoms with van der Waals surface area (Å²) < 4.78 is 0. The minimum atomic E-state index is 0.416. The van der Waals surface area contributed by atoms with E-state index in [-0.39, 0.29) is 0 Å². The second-order valence-electron chi connectivity index (χ2n) is 6.43. The summed E-state index contributed by atoms with van der Waals surface area (Å²) in [5, 5.41) is 5.03. The van der Waals surface area contributed by atoms with Crippen molar-refractivity contribution >= 4 is 16.9 Å². The van der Waals surface area contributed by atoms with E-state index >= 15 is 0 Å². The van der Waals surface area contributed by atoms with Crippen LogP contribution in [0.2, 0.25) is 0 Å². The Balaban J connectivity index is 1.58. The van der Waals surface area contributed by atoms with Gasteiger partial charge in [-0.3, -0.25) is 4.99 Å². The van der Waals surface area contributed by atoms with Crippen molar-refractivity contribution in [1.29, 1.82) is 0 Å². The van der Waals surface area contributed by atoms with Crippen molar-refractivity contribution in [1.82, 2.24) is 5.32 Å². The second kappa shape index (κ2) is 5.44. The average molecular weight is 266 g/mol. The SMILES string of the molecule is CCC(CC1CC1)N=C1NC2(CCCCC2)CS1. The predicted octanol–water partition coefficient (Wildman–Crippen LogP) is 3.96. The topological polar surface area (TPSA) is 24.4 Å². The standard InChI is InChI=1S/C15H26N2S/c1-2-13(10-12-6-7-12)16-14-17-15(11-18-14)8-4-3-5-9-15/h12-13H,2-11H2,1H3,(H,16,17). The first-order chi connectivity index (χ1) is 8.80. The molecule has 3 aliphatic rings. The Kier molecular flexibility index (Phi) is 3.88. The molecule has 1 unspecified atom stereocenters. The molecule has 1 N–H and O–H groups in total. The van der Waals surface area contributed by atoms with E-state index in [2.05, 4.69) is 12.2 Å². The first-order valence-corrected chi connectivity index (χ1v) is 8.77. The molecule has 0 aromatic carbocycles. The summed E-state index contributed by atoms with van der Waals surface area (Å²) in [5.74, 6) is 2.25. The lowest BCUT2D eigenvalue weighted by molar-refractivity contribution is 0.303. The van der Waals surface area contributed by atoms with Crippen LogP contribution in [-0.4, -0.2) is 22.5 Å². The van der Waals surface area contributed by atoms with E-state index in [0.717, 1.165) is 5.92 Å². The highest BCUT2D eigenvalue weighted by molar-refractivity contribution is 8.14. The maximum atomic E-state index is 4.99. The number of hydrogen-bond donors (Lipinski definition) is 1. The lowest BCUT2D eigenvalue weighted by atomic mass is 9.83. The van der Waals surface area contributed by atoms with E-state index in [1.807, 2.05) is 11.8 Å². The molecule has 1 atom stereocenters. The fourth-order valence-electron chi connectivity index (χ4n) is 3.29. The highest BCUT2D eigenvalue weighted by atomic mass is 32.2. The Hall–Kier alpha value is -0.180. The minimum Gasteiger partial charge on any atom is -0.359 e. The van der Waals surface area contributed by atoms with Crippen LogP contribution >= 0.6 is 11.8 Å². The number of rotatable bonds is 4. The number of thioether (sulfide) groups is 1. The summed E-state index contributed by atoms with van der Waals surface area (Å²) in [4.78, 5) is 4.99. The van der Waals surface area contributed by atoms with Crippen molar-refractivity contribution in [3.05, 3.63) is 0 Å². The maximum Gasteiger partial charge on any atom is 0.157 e. The van der Waals surface area contributed by atoms with E-state index in [0.29, 0.717) is 11.6 Å². The first kappa shape index (κ1) is 12.8. The van der Waals surface area contributed by atoms with E-state index in [1.54, 1.807) is 0 Å². The number of nitrogens with zero attached hydrogens (tertiary/aromatic N) is 1. The molecule has 1 saturated heterocycles. The Bertz CT molecular complexity index is 316. The van der Waals surface area contributed by atoms with Gasteiger partial charge in [0.15, 0.2) is 5.17 Å². The molecule has 2 saturated carbocycles. The monoisotopic (exact) mass is 266 g/mol. The molecule has 102 valence electrons. The largest absolute Gasteiger partial charge is 0.359 e. The minimum absolute atomic E-state index is 0.416. The highest BCUT2D eigenvalue weighted by Crippen LogP contribution is 2.38. The summed E-state index contributed by atoms with van der Waals surface area (Å²) in [7, 11) is 0. The molecule has 1 spiro atoms. The Morgan fingerprint density at radius 3 is 2.78 bits per heavy atom. The zero-order chi connectivity index (χ0) is 12.4. The maximum absolute atomic E-state index is 4.99. The Morgan fingerprint density at radius 2 is 2.11 bits per heavy atom. The summed E-state index contributed by atoms with van der Waals surface area (Å²) in [5.41, 5.74) is 0.416. The summed E-state index contributed by atoms with van der Waals surface area (Å²) in [6, 6.07) is 0.575.